The Balaban J connectivity index is 2.60. The molecule has 74 valence electrons. The smallest absolute Gasteiger partial charge is 0.327 e. The van der Waals surface area contributed by atoms with Gasteiger partial charge in [-0.2, -0.15) is 4.89 Å². The zero-order chi connectivity index (χ0) is 9.84. The van der Waals surface area contributed by atoms with Gasteiger partial charge in [0.15, 0.2) is 0 Å². The van der Waals surface area contributed by atoms with Gasteiger partial charge in [-0.1, -0.05) is 19.4 Å². The van der Waals surface area contributed by atoms with Crippen LogP contribution in [0.4, 0.5) is 0 Å². The van der Waals surface area contributed by atoms with Crippen molar-refractivity contribution in [2.24, 2.45) is 5.73 Å². The summed E-state index contributed by atoms with van der Waals surface area (Å²) in [4.78, 5) is 9.12. The quantitative estimate of drug-likeness (QED) is 0.541. The molecular formula is C9H17NO2P+. The van der Waals surface area contributed by atoms with Crippen LogP contribution in [0, 0.1) is 0 Å². The molecule has 0 saturated carbocycles. The predicted molar refractivity (Wildman–Crippen MR) is 53.8 cm³/mol. The summed E-state index contributed by atoms with van der Waals surface area (Å²) >= 11 is 0. The molecule has 0 spiro atoms. The maximum Gasteiger partial charge on any atom is 0.513 e. The summed E-state index contributed by atoms with van der Waals surface area (Å²) in [6, 6.07) is 0.171. The molecule has 0 aromatic heterocycles. The molecule has 3 N–H and O–H groups in total. The fraction of sp³-hybridized carbons (Fsp3) is 0.778. The van der Waals surface area contributed by atoms with Gasteiger partial charge >= 0.3 is 8.03 Å². The molecule has 0 radical (unpaired) electrons. The van der Waals surface area contributed by atoms with Crippen LogP contribution in [-0.4, -0.2) is 16.6 Å². The summed E-state index contributed by atoms with van der Waals surface area (Å²) in [6.07, 6.45) is 5.43. The second kappa shape index (κ2) is 4.85. The highest BCUT2D eigenvalue weighted by molar-refractivity contribution is 7.39. The Morgan fingerprint density at radius 1 is 1.85 bits per heavy atom. The van der Waals surface area contributed by atoms with Crippen LogP contribution in [0.1, 0.15) is 32.6 Å². The van der Waals surface area contributed by atoms with Crippen molar-refractivity contribution in [2.75, 3.05) is 0 Å². The van der Waals surface area contributed by atoms with Crippen LogP contribution >= 0.6 is 8.03 Å². The molecule has 0 fully saturated rings. The molecule has 3 nitrogen and oxygen atoms in total. The number of nitrogens with two attached hydrogens (primary N) is 1. The van der Waals surface area contributed by atoms with Crippen molar-refractivity contribution in [3.63, 3.8) is 0 Å². The average molecular weight is 202 g/mol. The second-order valence-corrected chi connectivity index (χ2v) is 4.81. The summed E-state index contributed by atoms with van der Waals surface area (Å²) in [5.41, 5.74) is 6.68. The first-order valence-electron chi connectivity index (χ1n) is 4.75. The van der Waals surface area contributed by atoms with E-state index in [1.54, 1.807) is 0 Å². The minimum Gasteiger partial charge on any atom is -0.327 e. The van der Waals surface area contributed by atoms with Crippen LogP contribution < -0.4 is 5.73 Å². The van der Waals surface area contributed by atoms with Crippen LogP contribution in [0.25, 0.3) is 0 Å². The van der Waals surface area contributed by atoms with E-state index in [4.69, 9.17) is 10.6 Å². The number of hydrogen-bond donors (Lipinski definition) is 2. The fourth-order valence-electron chi connectivity index (χ4n) is 1.76. The normalized spacial score (nSPS) is 25.6. The van der Waals surface area contributed by atoms with Crippen LogP contribution in [0.15, 0.2) is 11.6 Å². The van der Waals surface area contributed by atoms with E-state index in [0.717, 1.165) is 31.3 Å². The highest BCUT2D eigenvalue weighted by atomic mass is 31.1. The topological polar surface area (TPSA) is 63.3 Å². The average Bonchev–Trinajstić information content (AvgIpc) is 2.46. The van der Waals surface area contributed by atoms with E-state index in [1.165, 1.54) is 0 Å². The molecule has 1 aliphatic rings. The molecule has 1 aliphatic carbocycles. The Bertz CT molecular complexity index is 228. The zero-order valence-corrected chi connectivity index (χ0v) is 8.83. The van der Waals surface area contributed by atoms with E-state index in [0.29, 0.717) is 0 Å². The molecular weight excluding hydrogens is 185 g/mol. The van der Waals surface area contributed by atoms with Gasteiger partial charge in [-0.15, -0.1) is 0 Å². The third-order valence-corrected chi connectivity index (χ3v) is 3.56. The Morgan fingerprint density at radius 2 is 2.54 bits per heavy atom. The summed E-state index contributed by atoms with van der Waals surface area (Å²) in [5.74, 6) is 0. The molecule has 0 aliphatic heterocycles. The van der Waals surface area contributed by atoms with Gasteiger partial charge in [-0.3, -0.25) is 0 Å². The Labute approximate surface area is 79.9 Å². The second-order valence-electron chi connectivity index (χ2n) is 3.59. The summed E-state index contributed by atoms with van der Waals surface area (Å²) in [7, 11) is -2.07. The summed E-state index contributed by atoms with van der Waals surface area (Å²) in [5, 5.41) is 0. The van der Waals surface area contributed by atoms with Gasteiger partial charge < -0.3 is 5.73 Å². The minimum absolute atomic E-state index is 0.145. The lowest BCUT2D eigenvalue weighted by Crippen LogP contribution is -2.17. The maximum absolute atomic E-state index is 11.0. The van der Waals surface area contributed by atoms with Crippen molar-refractivity contribution < 1.29 is 9.46 Å². The predicted octanol–water partition coefficient (Wildman–Crippen LogP) is 1.94. The Morgan fingerprint density at radius 3 is 2.92 bits per heavy atom. The molecule has 0 saturated heterocycles. The summed E-state index contributed by atoms with van der Waals surface area (Å²) < 4.78 is 11.0. The van der Waals surface area contributed by atoms with Gasteiger partial charge in [0.1, 0.15) is 0 Å². The van der Waals surface area contributed by atoms with Crippen molar-refractivity contribution in [3.05, 3.63) is 11.6 Å². The third kappa shape index (κ3) is 2.87. The van der Waals surface area contributed by atoms with Crippen LogP contribution in [-0.2, 0) is 4.57 Å². The number of rotatable bonds is 4. The van der Waals surface area contributed by atoms with E-state index < -0.39 is 8.03 Å². The maximum atomic E-state index is 11.0. The third-order valence-electron chi connectivity index (χ3n) is 2.44. The molecule has 0 bridgehead atoms. The lowest BCUT2D eigenvalue weighted by molar-refractivity contribution is 0.488. The fourth-order valence-corrected chi connectivity index (χ4v) is 2.73. The lowest BCUT2D eigenvalue weighted by atomic mass is 10.1. The number of hydrogen-bond acceptors (Lipinski definition) is 2. The molecule has 0 aromatic rings. The Hall–Kier alpha value is -0.240. The van der Waals surface area contributed by atoms with Crippen LogP contribution in [0.3, 0.4) is 0 Å². The van der Waals surface area contributed by atoms with Crippen molar-refractivity contribution in [3.8, 4) is 0 Å². The molecule has 3 atom stereocenters. The standard InChI is InChI=1S/C9H16NO2P/c1-2-3-9(13(11)12)7-4-5-8(10)6-7/h4,8-9H,2-3,5-6,10H2,1H3/p+1/t8-,9?/m1/s1. The van der Waals surface area contributed by atoms with E-state index in [1.807, 2.05) is 13.0 Å². The zero-order valence-electron chi connectivity index (χ0n) is 7.94. The molecule has 0 aromatic carbocycles. The Kier molecular flexibility index (Phi) is 4.04. The molecule has 0 heterocycles. The van der Waals surface area contributed by atoms with Crippen molar-refractivity contribution in [1.82, 2.24) is 0 Å². The van der Waals surface area contributed by atoms with Gasteiger partial charge in [0.2, 0.25) is 5.66 Å². The molecule has 2 unspecified atom stereocenters. The SMILES string of the molecule is CCCC(C1=CC[C@@H](N)C1)[P+](=O)O. The molecule has 1 rings (SSSR count). The van der Waals surface area contributed by atoms with E-state index >= 15 is 0 Å². The van der Waals surface area contributed by atoms with Crippen molar-refractivity contribution >= 4 is 8.03 Å². The van der Waals surface area contributed by atoms with Gasteiger partial charge in [-0.25, -0.2) is 0 Å². The van der Waals surface area contributed by atoms with Gasteiger partial charge in [-0.05, 0) is 23.0 Å². The highest BCUT2D eigenvalue weighted by Gasteiger charge is 2.34. The van der Waals surface area contributed by atoms with Gasteiger partial charge in [0, 0.05) is 12.5 Å². The largest absolute Gasteiger partial charge is 0.513 e. The van der Waals surface area contributed by atoms with E-state index in [-0.39, 0.29) is 11.7 Å². The molecule has 4 heteroatoms. The van der Waals surface area contributed by atoms with Crippen molar-refractivity contribution in [2.45, 2.75) is 44.3 Å². The van der Waals surface area contributed by atoms with Crippen LogP contribution in [0.2, 0.25) is 0 Å². The van der Waals surface area contributed by atoms with Gasteiger partial charge in [0.25, 0.3) is 0 Å². The van der Waals surface area contributed by atoms with Gasteiger partial charge in [0.05, 0.1) is 0 Å². The first-order valence-corrected chi connectivity index (χ1v) is 6.03. The van der Waals surface area contributed by atoms with E-state index in [2.05, 4.69) is 0 Å². The van der Waals surface area contributed by atoms with Crippen LogP contribution in [0.5, 0.6) is 0 Å². The first kappa shape index (κ1) is 10.8. The molecule has 0 amide bonds. The molecule has 13 heavy (non-hydrogen) atoms. The van der Waals surface area contributed by atoms with E-state index in [9.17, 15) is 4.57 Å². The monoisotopic (exact) mass is 202 g/mol. The first-order chi connectivity index (χ1) is 6.15. The lowest BCUT2D eigenvalue weighted by Gasteiger charge is -2.05. The highest BCUT2D eigenvalue weighted by Crippen LogP contribution is 2.37. The summed E-state index contributed by atoms with van der Waals surface area (Å²) in [6.45, 7) is 2.03. The minimum atomic E-state index is -2.07. The van der Waals surface area contributed by atoms with Crippen molar-refractivity contribution in [1.29, 1.82) is 0 Å².